The van der Waals surface area contributed by atoms with Gasteiger partial charge in [0.05, 0.1) is 21.6 Å². The minimum atomic E-state index is -3.59. The van der Waals surface area contributed by atoms with Gasteiger partial charge in [0.15, 0.2) is 0 Å². The van der Waals surface area contributed by atoms with E-state index < -0.39 is 10.0 Å². The van der Waals surface area contributed by atoms with Crippen LogP contribution in [0.15, 0.2) is 40.6 Å². The molecule has 2 aromatic rings. The fourth-order valence-electron chi connectivity index (χ4n) is 2.97. The van der Waals surface area contributed by atoms with Gasteiger partial charge >= 0.3 is 0 Å². The van der Waals surface area contributed by atoms with Crippen molar-refractivity contribution >= 4 is 33.0 Å². The van der Waals surface area contributed by atoms with Crippen molar-refractivity contribution in [1.29, 1.82) is 0 Å². The maximum absolute atomic E-state index is 13.0. The third kappa shape index (κ3) is 4.69. The quantitative estimate of drug-likeness (QED) is 0.785. The lowest BCUT2D eigenvalue weighted by Gasteiger charge is -2.26. The molecule has 0 atom stereocenters. The zero-order valence-electron chi connectivity index (χ0n) is 15.5. The molecule has 1 fully saturated rings. The number of piperidine rings is 1. The first-order chi connectivity index (χ1) is 12.9. The summed E-state index contributed by atoms with van der Waals surface area (Å²) < 4.78 is 33.2. The van der Waals surface area contributed by atoms with Gasteiger partial charge in [-0.15, -0.1) is 11.3 Å². The number of hydrogen-bond acceptors (Lipinski definition) is 5. The van der Waals surface area contributed by atoms with E-state index in [4.69, 9.17) is 4.74 Å². The normalized spacial score (nSPS) is 15.7. The van der Waals surface area contributed by atoms with Crippen LogP contribution in [0.4, 0.5) is 5.69 Å². The Labute approximate surface area is 164 Å². The Morgan fingerprint density at radius 2 is 1.93 bits per heavy atom. The fraction of sp³-hybridized carbons (Fsp3) is 0.421. The molecule has 1 aromatic heterocycles. The van der Waals surface area contributed by atoms with Crippen LogP contribution < -0.4 is 10.1 Å². The molecule has 146 valence electrons. The molecule has 1 saturated heterocycles. The summed E-state index contributed by atoms with van der Waals surface area (Å²) in [6, 6.07) is 8.16. The lowest BCUT2D eigenvalue weighted by molar-refractivity contribution is 0.102. The van der Waals surface area contributed by atoms with Crippen LogP contribution in [0.5, 0.6) is 5.75 Å². The van der Waals surface area contributed by atoms with E-state index in [-0.39, 0.29) is 16.9 Å². The highest BCUT2D eigenvalue weighted by Gasteiger charge is 2.27. The molecular weight excluding hydrogens is 384 g/mol. The molecule has 1 N–H and O–H groups in total. The van der Waals surface area contributed by atoms with Gasteiger partial charge in [-0.2, -0.15) is 4.31 Å². The molecule has 1 aromatic carbocycles. The van der Waals surface area contributed by atoms with Crippen LogP contribution in [0.2, 0.25) is 0 Å². The van der Waals surface area contributed by atoms with E-state index in [2.05, 4.69) is 5.32 Å². The van der Waals surface area contributed by atoms with Crippen LogP contribution in [-0.4, -0.2) is 37.8 Å². The van der Waals surface area contributed by atoms with E-state index in [1.54, 1.807) is 24.3 Å². The zero-order valence-corrected chi connectivity index (χ0v) is 17.1. The average molecular weight is 409 g/mol. The fourth-order valence-corrected chi connectivity index (χ4v) is 5.13. The highest BCUT2D eigenvalue weighted by atomic mass is 32.2. The van der Waals surface area contributed by atoms with Gasteiger partial charge < -0.3 is 10.1 Å². The van der Waals surface area contributed by atoms with Crippen LogP contribution in [0.3, 0.4) is 0 Å². The summed E-state index contributed by atoms with van der Waals surface area (Å²) >= 11 is 1.32. The molecule has 0 bridgehead atoms. The van der Waals surface area contributed by atoms with E-state index in [9.17, 15) is 13.2 Å². The monoisotopic (exact) mass is 408 g/mol. The SMILES string of the molecule is CC(C)Oc1ccc(S(=O)(=O)N2CCCCC2)cc1NC(=O)c1cccs1. The van der Waals surface area contributed by atoms with Crippen molar-refractivity contribution in [3.8, 4) is 5.75 Å². The molecule has 3 rings (SSSR count). The van der Waals surface area contributed by atoms with Gasteiger partial charge in [-0.25, -0.2) is 8.42 Å². The number of rotatable bonds is 6. The lowest BCUT2D eigenvalue weighted by atomic mass is 10.2. The number of sulfonamides is 1. The Kier molecular flexibility index (Phi) is 6.18. The van der Waals surface area contributed by atoms with Gasteiger partial charge in [-0.3, -0.25) is 4.79 Å². The number of benzene rings is 1. The van der Waals surface area contributed by atoms with Gasteiger partial charge in [-0.1, -0.05) is 12.5 Å². The number of carbonyl (C=O) groups excluding carboxylic acids is 1. The van der Waals surface area contributed by atoms with E-state index in [1.165, 1.54) is 21.7 Å². The number of ether oxygens (including phenoxy) is 1. The van der Waals surface area contributed by atoms with Crippen molar-refractivity contribution in [2.75, 3.05) is 18.4 Å². The Hall–Kier alpha value is -1.90. The van der Waals surface area contributed by atoms with Gasteiger partial charge in [-0.05, 0) is 56.3 Å². The molecular formula is C19H24N2O4S2. The second-order valence-corrected chi connectivity index (χ2v) is 9.61. The summed E-state index contributed by atoms with van der Waals surface area (Å²) in [7, 11) is -3.59. The first-order valence-electron chi connectivity index (χ1n) is 9.03. The molecule has 0 saturated carbocycles. The van der Waals surface area contributed by atoms with Gasteiger partial charge in [0, 0.05) is 13.1 Å². The van der Waals surface area contributed by atoms with Gasteiger partial charge in [0.2, 0.25) is 10.0 Å². The van der Waals surface area contributed by atoms with E-state index in [1.807, 2.05) is 19.2 Å². The molecule has 8 heteroatoms. The number of anilines is 1. The Morgan fingerprint density at radius 3 is 2.56 bits per heavy atom. The first kappa shape index (κ1) is 19.9. The van der Waals surface area contributed by atoms with E-state index in [0.29, 0.717) is 29.4 Å². The summed E-state index contributed by atoms with van der Waals surface area (Å²) in [5, 5.41) is 4.61. The minimum Gasteiger partial charge on any atom is -0.489 e. The van der Waals surface area contributed by atoms with Crippen molar-refractivity contribution < 1.29 is 17.9 Å². The molecule has 0 radical (unpaired) electrons. The van der Waals surface area contributed by atoms with Crippen molar-refractivity contribution in [1.82, 2.24) is 4.31 Å². The van der Waals surface area contributed by atoms with Crippen molar-refractivity contribution in [3.05, 3.63) is 40.6 Å². The Morgan fingerprint density at radius 1 is 1.19 bits per heavy atom. The van der Waals surface area contributed by atoms with Crippen molar-refractivity contribution in [3.63, 3.8) is 0 Å². The number of thiophene rings is 1. The predicted molar refractivity (Wildman–Crippen MR) is 107 cm³/mol. The van der Waals surface area contributed by atoms with Crippen molar-refractivity contribution in [2.24, 2.45) is 0 Å². The highest BCUT2D eigenvalue weighted by molar-refractivity contribution is 7.89. The molecule has 0 spiro atoms. The topological polar surface area (TPSA) is 75.7 Å². The summed E-state index contributed by atoms with van der Waals surface area (Å²) in [4.78, 5) is 13.2. The van der Waals surface area contributed by atoms with Gasteiger partial charge in [0.25, 0.3) is 5.91 Å². The Balaban J connectivity index is 1.93. The summed E-state index contributed by atoms with van der Waals surface area (Å²) in [5.74, 6) is 0.165. The minimum absolute atomic E-state index is 0.105. The molecule has 0 unspecified atom stereocenters. The number of nitrogens with zero attached hydrogens (tertiary/aromatic N) is 1. The molecule has 27 heavy (non-hydrogen) atoms. The zero-order chi connectivity index (χ0) is 19.4. The van der Waals surface area contributed by atoms with Crippen molar-refractivity contribution in [2.45, 2.75) is 44.1 Å². The third-order valence-corrected chi connectivity index (χ3v) is 7.02. The van der Waals surface area contributed by atoms with Crippen LogP contribution in [0.25, 0.3) is 0 Å². The maximum atomic E-state index is 13.0. The van der Waals surface area contributed by atoms with Crippen LogP contribution >= 0.6 is 11.3 Å². The molecule has 6 nitrogen and oxygen atoms in total. The smallest absolute Gasteiger partial charge is 0.265 e. The standard InChI is InChI=1S/C19H24N2O4S2/c1-14(2)25-17-9-8-15(27(23,24)21-10-4-3-5-11-21)13-16(17)20-19(22)18-7-6-12-26-18/h6-9,12-14H,3-5,10-11H2,1-2H3,(H,20,22). The lowest BCUT2D eigenvalue weighted by Crippen LogP contribution is -2.35. The molecule has 1 aliphatic rings. The largest absolute Gasteiger partial charge is 0.489 e. The van der Waals surface area contributed by atoms with Crippen LogP contribution in [0, 0.1) is 0 Å². The number of nitrogens with one attached hydrogen (secondary N) is 1. The second kappa shape index (κ2) is 8.41. The highest BCUT2D eigenvalue weighted by Crippen LogP contribution is 2.31. The molecule has 0 aliphatic carbocycles. The van der Waals surface area contributed by atoms with Crippen LogP contribution in [0.1, 0.15) is 42.8 Å². The van der Waals surface area contributed by atoms with E-state index in [0.717, 1.165) is 19.3 Å². The summed E-state index contributed by atoms with van der Waals surface area (Å²) in [5.41, 5.74) is 0.361. The molecule has 2 heterocycles. The summed E-state index contributed by atoms with van der Waals surface area (Å²) in [6.45, 7) is 4.82. The number of hydrogen-bond donors (Lipinski definition) is 1. The molecule has 1 aliphatic heterocycles. The van der Waals surface area contributed by atoms with Gasteiger partial charge in [0.1, 0.15) is 5.75 Å². The maximum Gasteiger partial charge on any atom is 0.265 e. The molecule has 1 amide bonds. The average Bonchev–Trinajstić information content (AvgIpc) is 3.18. The third-order valence-electron chi connectivity index (χ3n) is 4.26. The first-order valence-corrected chi connectivity index (χ1v) is 11.4. The van der Waals surface area contributed by atoms with E-state index >= 15 is 0 Å². The second-order valence-electron chi connectivity index (χ2n) is 6.72. The van der Waals surface area contributed by atoms with Crippen LogP contribution in [-0.2, 0) is 10.0 Å². The predicted octanol–water partition coefficient (Wildman–Crippen LogP) is 3.96. The number of amides is 1. The Bertz CT molecular complexity index is 886. The summed E-state index contributed by atoms with van der Waals surface area (Å²) in [6.07, 6.45) is 2.69. The number of carbonyl (C=O) groups is 1.